The summed E-state index contributed by atoms with van der Waals surface area (Å²) in [5, 5.41) is 2.84. The number of H-pyrrole nitrogens is 1. The van der Waals surface area contributed by atoms with Crippen molar-refractivity contribution in [2.75, 3.05) is 5.32 Å². The van der Waals surface area contributed by atoms with Gasteiger partial charge in [-0.25, -0.2) is 9.98 Å². The molecule has 3 aromatic carbocycles. The van der Waals surface area contributed by atoms with Gasteiger partial charge >= 0.3 is 0 Å². The molecule has 5 rings (SSSR count). The molecule has 2 N–H and O–H groups in total. The Labute approximate surface area is 155 Å². The van der Waals surface area contributed by atoms with Crippen molar-refractivity contribution in [2.24, 2.45) is 4.99 Å². The lowest BCUT2D eigenvalue weighted by molar-refractivity contribution is -0.110. The van der Waals surface area contributed by atoms with Crippen molar-refractivity contribution in [3.8, 4) is 11.4 Å². The highest BCUT2D eigenvalue weighted by atomic mass is 16.2. The van der Waals surface area contributed by atoms with Gasteiger partial charge in [-0.3, -0.25) is 4.79 Å². The summed E-state index contributed by atoms with van der Waals surface area (Å²) in [4.78, 5) is 24.7. The van der Waals surface area contributed by atoms with Crippen LogP contribution in [0, 0.1) is 6.92 Å². The largest absolute Gasteiger partial charge is 0.338 e. The molecule has 0 atom stereocenters. The molecule has 1 aliphatic heterocycles. The SMILES string of the molecule is Cc1ccc2nc(-c3ccc(N=C4C(=O)Nc5ccccc54)cc3)[nH]c2c1. The molecule has 5 heteroatoms. The molecule has 27 heavy (non-hydrogen) atoms. The third-order valence-corrected chi connectivity index (χ3v) is 4.66. The van der Waals surface area contributed by atoms with E-state index in [1.54, 1.807) is 0 Å². The van der Waals surface area contributed by atoms with Gasteiger partial charge in [0.25, 0.3) is 5.91 Å². The summed E-state index contributed by atoms with van der Waals surface area (Å²) < 4.78 is 0. The van der Waals surface area contributed by atoms with Crippen LogP contribution in [0.5, 0.6) is 0 Å². The second kappa shape index (κ2) is 5.92. The number of para-hydroxylation sites is 1. The quantitative estimate of drug-likeness (QED) is 0.553. The van der Waals surface area contributed by atoms with Crippen LogP contribution < -0.4 is 5.32 Å². The molecule has 1 aromatic heterocycles. The number of aromatic amines is 1. The molecular weight excluding hydrogens is 336 g/mol. The fourth-order valence-electron chi connectivity index (χ4n) is 3.30. The first kappa shape index (κ1) is 15.5. The molecule has 0 spiro atoms. The Hall–Kier alpha value is -3.73. The molecule has 130 valence electrons. The molecule has 1 amide bonds. The minimum absolute atomic E-state index is 0.173. The number of anilines is 1. The molecule has 4 aromatic rings. The number of rotatable bonds is 2. The third-order valence-electron chi connectivity index (χ3n) is 4.66. The van der Waals surface area contributed by atoms with E-state index in [0.29, 0.717) is 5.71 Å². The Bertz CT molecular complexity index is 1220. The van der Waals surface area contributed by atoms with E-state index in [1.807, 2.05) is 54.6 Å². The van der Waals surface area contributed by atoms with E-state index in [1.165, 1.54) is 5.56 Å². The summed E-state index contributed by atoms with van der Waals surface area (Å²) in [6, 6.07) is 21.4. The van der Waals surface area contributed by atoms with E-state index in [4.69, 9.17) is 0 Å². The van der Waals surface area contributed by atoms with Crippen LogP contribution in [-0.2, 0) is 4.79 Å². The highest BCUT2D eigenvalue weighted by molar-refractivity contribution is 6.54. The number of aryl methyl sites for hydroxylation is 1. The molecule has 0 unspecified atom stereocenters. The maximum absolute atomic E-state index is 12.2. The first-order valence-electron chi connectivity index (χ1n) is 8.74. The summed E-state index contributed by atoms with van der Waals surface area (Å²) in [6.07, 6.45) is 0. The first-order valence-corrected chi connectivity index (χ1v) is 8.74. The van der Waals surface area contributed by atoms with Crippen molar-refractivity contribution >= 4 is 34.0 Å². The molecule has 0 radical (unpaired) electrons. The zero-order chi connectivity index (χ0) is 18.4. The molecule has 0 saturated heterocycles. The molecule has 0 aliphatic carbocycles. The van der Waals surface area contributed by atoms with Crippen LogP contribution in [0.2, 0.25) is 0 Å². The number of carbonyl (C=O) groups is 1. The molecular formula is C22H16N4O. The Balaban J connectivity index is 1.49. The van der Waals surface area contributed by atoms with Crippen LogP contribution in [0.1, 0.15) is 11.1 Å². The monoisotopic (exact) mass is 352 g/mol. The molecule has 0 bridgehead atoms. The standard InChI is InChI=1S/C22H16N4O/c1-13-6-11-18-19(12-13)25-21(24-18)14-7-9-15(10-8-14)23-20-16-4-2-3-5-17(16)26-22(20)27/h2-12H,1H3,(H,24,25)(H,23,26,27). The highest BCUT2D eigenvalue weighted by Crippen LogP contribution is 2.27. The number of fused-ring (bicyclic) bond motifs is 2. The van der Waals surface area contributed by atoms with Gasteiger partial charge in [-0.1, -0.05) is 24.3 Å². The van der Waals surface area contributed by atoms with Gasteiger partial charge in [0.2, 0.25) is 0 Å². The fraction of sp³-hybridized carbons (Fsp3) is 0.0455. The maximum atomic E-state index is 12.2. The van der Waals surface area contributed by atoms with Crippen LogP contribution in [-0.4, -0.2) is 21.6 Å². The van der Waals surface area contributed by atoms with Crippen molar-refractivity contribution in [1.82, 2.24) is 9.97 Å². The normalized spacial score (nSPS) is 14.6. The van der Waals surface area contributed by atoms with E-state index >= 15 is 0 Å². The number of aliphatic imine (C=N–C) groups is 1. The molecule has 2 heterocycles. The zero-order valence-electron chi connectivity index (χ0n) is 14.7. The molecule has 0 saturated carbocycles. The number of aromatic nitrogens is 2. The Morgan fingerprint density at radius 2 is 1.78 bits per heavy atom. The lowest BCUT2D eigenvalue weighted by Gasteiger charge is -2.00. The van der Waals surface area contributed by atoms with Gasteiger partial charge in [-0.15, -0.1) is 0 Å². The second-order valence-electron chi connectivity index (χ2n) is 6.61. The van der Waals surface area contributed by atoms with Crippen LogP contribution in [0.3, 0.4) is 0 Å². The lowest BCUT2D eigenvalue weighted by Crippen LogP contribution is -2.13. The number of hydrogen-bond acceptors (Lipinski definition) is 3. The van der Waals surface area contributed by atoms with Gasteiger partial charge in [0.05, 0.1) is 22.4 Å². The van der Waals surface area contributed by atoms with Crippen molar-refractivity contribution in [1.29, 1.82) is 0 Å². The lowest BCUT2D eigenvalue weighted by atomic mass is 10.1. The van der Waals surface area contributed by atoms with Crippen molar-refractivity contribution in [3.63, 3.8) is 0 Å². The predicted molar refractivity (Wildman–Crippen MR) is 108 cm³/mol. The van der Waals surface area contributed by atoms with E-state index in [9.17, 15) is 4.79 Å². The minimum Gasteiger partial charge on any atom is -0.338 e. The van der Waals surface area contributed by atoms with Gasteiger partial charge in [0, 0.05) is 11.1 Å². The minimum atomic E-state index is -0.173. The Kier molecular flexibility index (Phi) is 3.40. The maximum Gasteiger partial charge on any atom is 0.275 e. The first-order chi connectivity index (χ1) is 13.2. The van der Waals surface area contributed by atoms with Gasteiger partial charge in [0.15, 0.2) is 0 Å². The third kappa shape index (κ3) is 2.69. The number of carbonyl (C=O) groups excluding carboxylic acids is 1. The van der Waals surface area contributed by atoms with E-state index < -0.39 is 0 Å². The average molecular weight is 352 g/mol. The summed E-state index contributed by atoms with van der Waals surface area (Å²) in [5.74, 6) is 0.645. The van der Waals surface area contributed by atoms with Gasteiger partial charge in [-0.05, 0) is 55.0 Å². The summed E-state index contributed by atoms with van der Waals surface area (Å²) in [5.41, 5.74) is 6.94. The average Bonchev–Trinajstić information content (AvgIpc) is 3.23. The van der Waals surface area contributed by atoms with Gasteiger partial charge in [0.1, 0.15) is 11.5 Å². The number of imidazole rings is 1. The topological polar surface area (TPSA) is 70.1 Å². The van der Waals surface area contributed by atoms with Crippen LogP contribution in [0.4, 0.5) is 11.4 Å². The smallest absolute Gasteiger partial charge is 0.275 e. The van der Waals surface area contributed by atoms with Crippen molar-refractivity contribution in [2.45, 2.75) is 6.92 Å². The highest BCUT2D eigenvalue weighted by Gasteiger charge is 2.25. The van der Waals surface area contributed by atoms with E-state index in [0.717, 1.165) is 39.4 Å². The number of benzene rings is 3. The van der Waals surface area contributed by atoms with E-state index in [2.05, 4.69) is 39.3 Å². The Morgan fingerprint density at radius 1 is 0.963 bits per heavy atom. The second-order valence-corrected chi connectivity index (χ2v) is 6.61. The van der Waals surface area contributed by atoms with Crippen molar-refractivity contribution < 1.29 is 4.79 Å². The number of nitrogens with zero attached hydrogens (tertiary/aromatic N) is 2. The predicted octanol–water partition coefficient (Wildman–Crippen LogP) is 4.61. The molecule has 1 aliphatic rings. The van der Waals surface area contributed by atoms with Crippen LogP contribution in [0.25, 0.3) is 22.4 Å². The number of amides is 1. The zero-order valence-corrected chi connectivity index (χ0v) is 14.7. The summed E-state index contributed by atoms with van der Waals surface area (Å²) >= 11 is 0. The number of nitrogens with one attached hydrogen (secondary N) is 2. The van der Waals surface area contributed by atoms with Crippen molar-refractivity contribution in [3.05, 3.63) is 77.9 Å². The summed E-state index contributed by atoms with van der Waals surface area (Å²) in [6.45, 7) is 2.06. The fourth-order valence-corrected chi connectivity index (χ4v) is 3.30. The molecule has 0 fully saturated rings. The number of hydrogen-bond donors (Lipinski definition) is 2. The van der Waals surface area contributed by atoms with E-state index in [-0.39, 0.29) is 5.91 Å². The van der Waals surface area contributed by atoms with Gasteiger partial charge < -0.3 is 10.3 Å². The van der Waals surface area contributed by atoms with Crippen LogP contribution in [0.15, 0.2) is 71.7 Å². The van der Waals surface area contributed by atoms with Gasteiger partial charge in [-0.2, -0.15) is 0 Å². The Morgan fingerprint density at radius 3 is 2.63 bits per heavy atom. The molecule has 5 nitrogen and oxygen atoms in total. The summed E-state index contributed by atoms with van der Waals surface area (Å²) in [7, 11) is 0. The van der Waals surface area contributed by atoms with Crippen LogP contribution >= 0.6 is 0 Å².